The third kappa shape index (κ3) is 3.89. The van der Waals surface area contributed by atoms with Crippen LogP contribution in [0.25, 0.3) is 5.65 Å². The number of halogens is 1. The van der Waals surface area contributed by atoms with Crippen molar-refractivity contribution in [2.45, 2.75) is 26.1 Å². The number of hydrogen-bond acceptors (Lipinski definition) is 6. The fraction of sp³-hybridized carbons (Fsp3) is 0.167. The van der Waals surface area contributed by atoms with E-state index in [1.54, 1.807) is 24.4 Å². The summed E-state index contributed by atoms with van der Waals surface area (Å²) in [4.78, 5) is 35.3. The third-order valence-electron chi connectivity index (χ3n) is 5.77. The Balaban J connectivity index is 1.53. The molecule has 3 aromatic heterocycles. The summed E-state index contributed by atoms with van der Waals surface area (Å²) in [6.45, 7) is 3.25. The number of fused-ring (bicyclic) bond motifs is 2. The number of anilines is 2. The number of aromatic nitrogens is 3. The van der Waals surface area contributed by atoms with Crippen molar-refractivity contribution in [3.8, 4) is 0 Å². The van der Waals surface area contributed by atoms with E-state index in [0.717, 1.165) is 5.56 Å². The summed E-state index contributed by atoms with van der Waals surface area (Å²) < 4.78 is 1.50. The molecule has 0 spiro atoms. The van der Waals surface area contributed by atoms with Crippen molar-refractivity contribution in [1.29, 1.82) is 0 Å². The summed E-state index contributed by atoms with van der Waals surface area (Å²) in [7, 11) is 0. The van der Waals surface area contributed by atoms with Crippen LogP contribution in [-0.4, -0.2) is 25.4 Å². The maximum atomic E-state index is 12.9. The predicted molar refractivity (Wildman–Crippen MR) is 126 cm³/mol. The molecule has 0 radical (unpaired) electrons. The molecule has 1 aliphatic heterocycles. The molecule has 1 aromatic carbocycles. The highest BCUT2D eigenvalue weighted by atomic mass is 35.5. The lowest BCUT2D eigenvalue weighted by molar-refractivity contribution is 0.0691. The van der Waals surface area contributed by atoms with Crippen molar-refractivity contribution in [1.82, 2.24) is 14.4 Å². The van der Waals surface area contributed by atoms with Crippen LogP contribution in [0.15, 0.2) is 65.6 Å². The number of benzene rings is 1. The van der Waals surface area contributed by atoms with E-state index in [4.69, 9.17) is 16.6 Å². The number of nitrogens with zero attached hydrogens (tertiary/aromatic N) is 4. The molecule has 0 aliphatic carbocycles. The first-order valence-corrected chi connectivity index (χ1v) is 10.8. The van der Waals surface area contributed by atoms with Crippen molar-refractivity contribution >= 4 is 34.7 Å². The molecule has 9 heteroatoms. The van der Waals surface area contributed by atoms with Gasteiger partial charge in [-0.05, 0) is 36.2 Å². The van der Waals surface area contributed by atoms with E-state index in [2.05, 4.69) is 27.3 Å². The van der Waals surface area contributed by atoms with E-state index in [0.29, 0.717) is 30.2 Å². The monoisotopic (exact) mass is 461 g/mol. The second-order valence-corrected chi connectivity index (χ2v) is 8.32. The van der Waals surface area contributed by atoms with Crippen LogP contribution in [0.1, 0.15) is 40.1 Å². The molecule has 33 heavy (non-hydrogen) atoms. The SMILES string of the molecule is C[C@@H](Nc1ccc(Cl)nc1C(=O)O)c1cccn2c(=O)cc(N3Cc4ccccc4C3)nc12. The van der Waals surface area contributed by atoms with E-state index in [1.165, 1.54) is 21.6 Å². The molecule has 166 valence electrons. The molecular formula is C24H20ClN5O3. The van der Waals surface area contributed by atoms with Gasteiger partial charge in [0.05, 0.1) is 11.7 Å². The lowest BCUT2D eigenvalue weighted by atomic mass is 10.1. The molecule has 4 aromatic rings. The number of carbonyl (C=O) groups is 1. The molecule has 0 amide bonds. The van der Waals surface area contributed by atoms with E-state index in [-0.39, 0.29) is 22.4 Å². The van der Waals surface area contributed by atoms with Crippen molar-refractivity contribution in [3.05, 3.63) is 98.7 Å². The molecule has 1 aliphatic rings. The summed E-state index contributed by atoms with van der Waals surface area (Å²) in [5, 5.41) is 12.8. The number of rotatable bonds is 5. The van der Waals surface area contributed by atoms with Crippen molar-refractivity contribution in [3.63, 3.8) is 0 Å². The maximum Gasteiger partial charge on any atom is 0.356 e. The normalized spacial score (nSPS) is 13.7. The van der Waals surface area contributed by atoms with Crippen LogP contribution in [0.5, 0.6) is 0 Å². The Bertz CT molecular complexity index is 1430. The van der Waals surface area contributed by atoms with Crippen LogP contribution in [0, 0.1) is 0 Å². The first kappa shape index (κ1) is 21.0. The Hall–Kier alpha value is -3.91. The lowest BCUT2D eigenvalue weighted by Gasteiger charge is -2.20. The van der Waals surface area contributed by atoms with E-state index >= 15 is 0 Å². The zero-order chi connectivity index (χ0) is 23.1. The summed E-state index contributed by atoms with van der Waals surface area (Å²) in [6, 6.07) is 16.1. The van der Waals surface area contributed by atoms with Crippen molar-refractivity contribution in [2.75, 3.05) is 10.2 Å². The van der Waals surface area contributed by atoms with Gasteiger partial charge in [0.1, 0.15) is 16.6 Å². The molecular weight excluding hydrogens is 442 g/mol. The van der Waals surface area contributed by atoms with Gasteiger partial charge in [-0.25, -0.2) is 14.8 Å². The fourth-order valence-electron chi connectivity index (χ4n) is 4.15. The average Bonchev–Trinajstić information content (AvgIpc) is 3.24. The second kappa shape index (κ2) is 8.22. The minimum Gasteiger partial charge on any atom is -0.476 e. The predicted octanol–water partition coefficient (Wildman–Crippen LogP) is 4.13. The highest BCUT2D eigenvalue weighted by Gasteiger charge is 2.22. The number of aromatic carboxylic acids is 1. The molecule has 8 nitrogen and oxygen atoms in total. The Morgan fingerprint density at radius 2 is 1.82 bits per heavy atom. The van der Waals surface area contributed by atoms with E-state index in [1.807, 2.05) is 25.1 Å². The average molecular weight is 462 g/mol. The molecule has 0 unspecified atom stereocenters. The van der Waals surface area contributed by atoms with Crippen molar-refractivity contribution < 1.29 is 9.90 Å². The Morgan fingerprint density at radius 1 is 1.09 bits per heavy atom. The number of nitrogens with one attached hydrogen (secondary N) is 1. The molecule has 0 fully saturated rings. The quantitative estimate of drug-likeness (QED) is 0.431. The molecule has 0 bridgehead atoms. The fourth-order valence-corrected chi connectivity index (χ4v) is 4.30. The summed E-state index contributed by atoms with van der Waals surface area (Å²) in [5.74, 6) is -0.578. The Morgan fingerprint density at radius 3 is 2.52 bits per heavy atom. The van der Waals surface area contributed by atoms with Crippen LogP contribution >= 0.6 is 11.6 Å². The molecule has 2 N–H and O–H groups in total. The zero-order valence-corrected chi connectivity index (χ0v) is 18.5. The molecule has 0 saturated carbocycles. The molecule has 4 heterocycles. The second-order valence-electron chi connectivity index (χ2n) is 7.94. The topological polar surface area (TPSA) is 99.8 Å². The zero-order valence-electron chi connectivity index (χ0n) is 17.7. The van der Waals surface area contributed by atoms with Gasteiger partial charge in [0.2, 0.25) is 0 Å². The van der Waals surface area contributed by atoms with Gasteiger partial charge in [0.15, 0.2) is 5.69 Å². The van der Waals surface area contributed by atoms with Crippen LogP contribution in [0.3, 0.4) is 0 Å². The van der Waals surface area contributed by atoms with Gasteiger partial charge in [-0.15, -0.1) is 0 Å². The lowest BCUT2D eigenvalue weighted by Crippen LogP contribution is -2.23. The smallest absolute Gasteiger partial charge is 0.356 e. The van der Waals surface area contributed by atoms with Crippen molar-refractivity contribution in [2.24, 2.45) is 0 Å². The number of carboxylic acids is 1. The van der Waals surface area contributed by atoms with E-state index in [9.17, 15) is 14.7 Å². The molecule has 1 atom stereocenters. The van der Waals surface area contributed by atoms with Gasteiger partial charge in [-0.2, -0.15) is 0 Å². The number of pyridine rings is 2. The molecule has 0 saturated heterocycles. The third-order valence-corrected chi connectivity index (χ3v) is 5.99. The first-order valence-electron chi connectivity index (χ1n) is 10.4. The number of carboxylic acid groups (broad SMARTS) is 1. The maximum absolute atomic E-state index is 12.9. The Labute approximate surface area is 194 Å². The standard InChI is InChI=1S/C24H20ClN5O3/c1-14(26-18-8-9-19(25)27-22(18)24(32)33)17-7-4-10-30-21(31)11-20(28-23(17)30)29-12-15-5-2-3-6-16(15)13-29/h2-11,14,26H,12-13H2,1H3,(H,32,33)/t14-/m1/s1. The summed E-state index contributed by atoms with van der Waals surface area (Å²) in [5.41, 5.74) is 3.68. The van der Waals surface area contributed by atoms with Gasteiger partial charge < -0.3 is 15.3 Å². The first-order chi connectivity index (χ1) is 15.9. The largest absolute Gasteiger partial charge is 0.476 e. The summed E-state index contributed by atoms with van der Waals surface area (Å²) in [6.07, 6.45) is 1.68. The van der Waals surface area contributed by atoms with Gasteiger partial charge in [-0.1, -0.05) is 41.9 Å². The van der Waals surface area contributed by atoms with Crippen LogP contribution in [-0.2, 0) is 13.1 Å². The van der Waals surface area contributed by atoms with Gasteiger partial charge >= 0.3 is 5.97 Å². The van der Waals surface area contributed by atoms with Gasteiger partial charge in [-0.3, -0.25) is 9.20 Å². The summed E-state index contributed by atoms with van der Waals surface area (Å²) >= 11 is 5.87. The highest BCUT2D eigenvalue weighted by Crippen LogP contribution is 2.29. The highest BCUT2D eigenvalue weighted by molar-refractivity contribution is 6.29. The van der Waals surface area contributed by atoms with Crippen LogP contribution in [0.2, 0.25) is 5.15 Å². The van der Waals surface area contributed by atoms with E-state index < -0.39 is 5.97 Å². The van der Waals surface area contributed by atoms with Gasteiger partial charge in [0, 0.05) is 30.9 Å². The van der Waals surface area contributed by atoms with Crippen LogP contribution < -0.4 is 15.8 Å². The minimum atomic E-state index is -1.18. The number of hydrogen-bond donors (Lipinski definition) is 2. The van der Waals surface area contributed by atoms with Gasteiger partial charge in [0.25, 0.3) is 5.56 Å². The molecule has 5 rings (SSSR count). The minimum absolute atomic E-state index is 0.0974. The van der Waals surface area contributed by atoms with Crippen LogP contribution in [0.4, 0.5) is 11.5 Å². The Kier molecular flexibility index (Phi) is 5.22.